The van der Waals surface area contributed by atoms with Gasteiger partial charge in [-0.05, 0) is 31.2 Å². The Morgan fingerprint density at radius 1 is 1.33 bits per heavy atom. The second-order valence-corrected chi connectivity index (χ2v) is 5.17. The zero-order valence-corrected chi connectivity index (χ0v) is 10.7. The summed E-state index contributed by atoms with van der Waals surface area (Å²) in [4.78, 5) is 11.0. The summed E-state index contributed by atoms with van der Waals surface area (Å²) in [5, 5.41) is 0. The molecule has 5 nitrogen and oxygen atoms in total. The van der Waals surface area contributed by atoms with E-state index in [0.29, 0.717) is 0 Å². The minimum absolute atomic E-state index is 0.0474. The van der Waals surface area contributed by atoms with Gasteiger partial charge in [-0.1, -0.05) is 0 Å². The van der Waals surface area contributed by atoms with Crippen molar-refractivity contribution in [3.63, 3.8) is 0 Å². The number of nitrogens with one attached hydrogen (secondary N) is 1. The highest BCUT2D eigenvalue weighted by Gasteiger charge is 2.14. The molecule has 0 saturated heterocycles. The third-order valence-corrected chi connectivity index (χ3v) is 3.53. The Bertz CT molecular complexity index is 498. The molecule has 1 aromatic carbocycles. The van der Waals surface area contributed by atoms with Crippen LogP contribution in [0.15, 0.2) is 29.2 Å². The predicted molar refractivity (Wildman–Crippen MR) is 62.8 cm³/mol. The number of hydrogen-bond donors (Lipinski definition) is 1. The Balaban J connectivity index is 2.55. The van der Waals surface area contributed by atoms with Gasteiger partial charge in [-0.3, -0.25) is 4.79 Å². The summed E-state index contributed by atoms with van der Waals surface area (Å²) in [6.45, 7) is 1.86. The van der Waals surface area contributed by atoms with Crippen LogP contribution >= 0.6 is 0 Å². The zero-order chi connectivity index (χ0) is 13.6. The zero-order valence-electron chi connectivity index (χ0n) is 9.85. The van der Waals surface area contributed by atoms with Crippen molar-refractivity contribution in [3.8, 4) is 0 Å². The number of carbonyl (C=O) groups is 1. The summed E-state index contributed by atoms with van der Waals surface area (Å²) >= 11 is 0. The number of benzene rings is 1. The molecule has 0 atom stereocenters. The van der Waals surface area contributed by atoms with Crippen LogP contribution < -0.4 is 4.72 Å². The lowest BCUT2D eigenvalue weighted by Crippen LogP contribution is -2.26. The molecule has 0 aliphatic heterocycles. The summed E-state index contributed by atoms with van der Waals surface area (Å²) in [7, 11) is -3.71. The molecule has 0 aliphatic rings. The van der Waals surface area contributed by atoms with E-state index in [2.05, 4.69) is 9.46 Å². The quantitative estimate of drug-likeness (QED) is 0.788. The van der Waals surface area contributed by atoms with Crippen molar-refractivity contribution in [2.45, 2.75) is 18.2 Å². The Morgan fingerprint density at radius 2 is 1.94 bits per heavy atom. The molecule has 1 rings (SSSR count). The lowest BCUT2D eigenvalue weighted by Gasteiger charge is -2.06. The number of sulfonamides is 1. The first kappa shape index (κ1) is 14.6. The first-order valence-corrected chi connectivity index (χ1v) is 6.85. The summed E-state index contributed by atoms with van der Waals surface area (Å²) in [6.07, 6.45) is -0.0474. The van der Waals surface area contributed by atoms with E-state index in [1.54, 1.807) is 6.92 Å². The van der Waals surface area contributed by atoms with Gasteiger partial charge < -0.3 is 4.74 Å². The third-order valence-electron chi connectivity index (χ3n) is 2.05. The third kappa shape index (κ3) is 4.42. The largest absolute Gasteiger partial charge is 0.466 e. The van der Waals surface area contributed by atoms with E-state index < -0.39 is 21.8 Å². The first-order valence-electron chi connectivity index (χ1n) is 5.36. The van der Waals surface area contributed by atoms with E-state index in [0.717, 1.165) is 24.3 Å². The van der Waals surface area contributed by atoms with Crippen LogP contribution in [0.2, 0.25) is 0 Å². The van der Waals surface area contributed by atoms with Gasteiger partial charge in [-0.15, -0.1) is 0 Å². The number of carbonyl (C=O) groups excluding carboxylic acids is 1. The van der Waals surface area contributed by atoms with Crippen LogP contribution in [0.3, 0.4) is 0 Å². The highest BCUT2D eigenvalue weighted by Crippen LogP contribution is 2.09. The summed E-state index contributed by atoms with van der Waals surface area (Å²) < 4.78 is 42.9. The van der Waals surface area contributed by atoms with E-state index in [1.807, 2.05) is 0 Å². The fourth-order valence-corrected chi connectivity index (χ4v) is 2.25. The van der Waals surface area contributed by atoms with Crippen molar-refractivity contribution >= 4 is 16.0 Å². The van der Waals surface area contributed by atoms with Gasteiger partial charge >= 0.3 is 5.97 Å². The normalized spacial score (nSPS) is 11.2. The molecule has 1 N–H and O–H groups in total. The van der Waals surface area contributed by atoms with Crippen LogP contribution in [0.4, 0.5) is 4.39 Å². The molecule has 0 aliphatic carbocycles. The second-order valence-electron chi connectivity index (χ2n) is 3.41. The van der Waals surface area contributed by atoms with E-state index in [1.165, 1.54) is 0 Å². The van der Waals surface area contributed by atoms with Gasteiger partial charge in [0.2, 0.25) is 10.0 Å². The molecule has 0 amide bonds. The number of ether oxygens (including phenoxy) is 1. The van der Waals surface area contributed by atoms with Crippen molar-refractivity contribution in [1.82, 2.24) is 4.72 Å². The summed E-state index contributed by atoms with van der Waals surface area (Å²) in [6, 6.07) is 4.42. The van der Waals surface area contributed by atoms with Gasteiger partial charge in [0.25, 0.3) is 0 Å². The average molecular weight is 275 g/mol. The molecular weight excluding hydrogens is 261 g/mol. The molecule has 0 radical (unpaired) electrons. The second kappa shape index (κ2) is 6.46. The Morgan fingerprint density at radius 3 is 2.50 bits per heavy atom. The minimum Gasteiger partial charge on any atom is -0.466 e. The molecular formula is C11H14FNO4S. The molecule has 0 saturated carbocycles. The number of hydrogen-bond acceptors (Lipinski definition) is 4. The van der Waals surface area contributed by atoms with Crippen molar-refractivity contribution < 1.29 is 22.3 Å². The number of esters is 1. The molecule has 0 unspecified atom stereocenters. The average Bonchev–Trinajstić information content (AvgIpc) is 2.29. The molecule has 0 aromatic heterocycles. The lowest BCUT2D eigenvalue weighted by atomic mass is 10.4. The summed E-state index contributed by atoms with van der Waals surface area (Å²) in [5.74, 6) is -0.986. The van der Waals surface area contributed by atoms with Gasteiger partial charge in [-0.25, -0.2) is 17.5 Å². The van der Waals surface area contributed by atoms with Gasteiger partial charge in [0.1, 0.15) is 5.82 Å². The van der Waals surface area contributed by atoms with Gasteiger partial charge in [-0.2, -0.15) is 0 Å². The molecule has 0 heterocycles. The van der Waals surface area contributed by atoms with E-state index >= 15 is 0 Å². The lowest BCUT2D eigenvalue weighted by molar-refractivity contribution is -0.142. The fraction of sp³-hybridized carbons (Fsp3) is 0.364. The molecule has 0 spiro atoms. The Kier molecular flexibility index (Phi) is 5.24. The van der Waals surface area contributed by atoms with E-state index in [4.69, 9.17) is 0 Å². The SMILES string of the molecule is CCOC(=O)CCNS(=O)(=O)c1ccc(F)cc1. The molecule has 100 valence electrons. The van der Waals surface area contributed by atoms with Crippen molar-refractivity contribution in [2.75, 3.05) is 13.2 Å². The Labute approximate surface area is 105 Å². The topological polar surface area (TPSA) is 72.5 Å². The van der Waals surface area contributed by atoms with Gasteiger partial charge in [0.05, 0.1) is 17.9 Å². The number of halogens is 1. The highest BCUT2D eigenvalue weighted by atomic mass is 32.2. The molecule has 0 fully saturated rings. The van der Waals surface area contributed by atoms with Crippen LogP contribution in [0.1, 0.15) is 13.3 Å². The highest BCUT2D eigenvalue weighted by molar-refractivity contribution is 7.89. The molecule has 0 bridgehead atoms. The molecule has 7 heteroatoms. The molecule has 18 heavy (non-hydrogen) atoms. The van der Waals surface area contributed by atoms with Crippen LogP contribution in [0, 0.1) is 5.82 Å². The standard InChI is InChI=1S/C11H14FNO4S/c1-2-17-11(14)7-8-13-18(15,16)10-5-3-9(12)4-6-10/h3-6,13H,2,7-8H2,1H3. The van der Waals surface area contributed by atoms with Crippen LogP contribution in [0.25, 0.3) is 0 Å². The fourth-order valence-electron chi connectivity index (χ4n) is 1.22. The van der Waals surface area contributed by atoms with Gasteiger partial charge in [0, 0.05) is 6.54 Å². The maximum atomic E-state index is 12.6. The van der Waals surface area contributed by atoms with Crippen LogP contribution in [-0.2, 0) is 19.6 Å². The van der Waals surface area contributed by atoms with Crippen molar-refractivity contribution in [3.05, 3.63) is 30.1 Å². The monoisotopic (exact) mass is 275 g/mol. The Hall–Kier alpha value is -1.47. The number of rotatable bonds is 6. The van der Waals surface area contributed by atoms with Crippen molar-refractivity contribution in [1.29, 1.82) is 0 Å². The van der Waals surface area contributed by atoms with E-state index in [9.17, 15) is 17.6 Å². The smallest absolute Gasteiger partial charge is 0.307 e. The predicted octanol–water partition coefficient (Wildman–Crippen LogP) is 1.06. The maximum absolute atomic E-state index is 12.6. The summed E-state index contributed by atoms with van der Waals surface area (Å²) in [5.41, 5.74) is 0. The van der Waals surface area contributed by atoms with Crippen LogP contribution in [-0.4, -0.2) is 27.5 Å². The molecule has 1 aromatic rings. The van der Waals surface area contributed by atoms with Crippen molar-refractivity contribution in [2.24, 2.45) is 0 Å². The minimum atomic E-state index is -3.71. The van der Waals surface area contributed by atoms with Crippen LogP contribution in [0.5, 0.6) is 0 Å². The first-order chi connectivity index (χ1) is 8.45. The maximum Gasteiger partial charge on any atom is 0.307 e. The van der Waals surface area contributed by atoms with E-state index in [-0.39, 0.29) is 24.5 Å². The van der Waals surface area contributed by atoms with Gasteiger partial charge in [0.15, 0.2) is 0 Å².